The van der Waals surface area contributed by atoms with Gasteiger partial charge in [0.2, 0.25) is 0 Å². The molecule has 0 bridgehead atoms. The number of hydrogen-bond donors (Lipinski definition) is 12. The Morgan fingerprint density at radius 1 is 0.562 bits per heavy atom. The lowest BCUT2D eigenvalue weighted by Gasteiger charge is -2.32. The van der Waals surface area contributed by atoms with Crippen molar-refractivity contribution in [2.75, 3.05) is 89.7 Å². The normalized spacial score (nSPS) is 32.5. The van der Waals surface area contributed by atoms with E-state index < -0.39 is 188 Å². The second kappa shape index (κ2) is 29.7. The lowest BCUT2D eigenvalue weighted by atomic mass is 10.1. The van der Waals surface area contributed by atoms with Gasteiger partial charge >= 0.3 is 25.8 Å². The molecule has 0 amide bonds. The fraction of sp³-hybridized carbons (Fsp3) is 0.560. The third kappa shape index (κ3) is 15.1. The number of nitrogens with zero attached hydrogens (tertiary/aromatic N) is 15. The molecule has 105 heavy (non-hydrogen) atoms. The summed E-state index contributed by atoms with van der Waals surface area (Å²) in [5.41, 5.74) is 23.2. The number of aliphatic hydroxyl groups excluding tert-OH is 2. The van der Waals surface area contributed by atoms with E-state index in [-0.39, 0.29) is 93.9 Å². The summed E-state index contributed by atoms with van der Waals surface area (Å²) in [6, 6.07) is 0. The Hall–Kier alpha value is -6.13. The van der Waals surface area contributed by atoms with Crippen LogP contribution in [-0.2, 0) is 112 Å². The number of alkyl halides is 4. The summed E-state index contributed by atoms with van der Waals surface area (Å²) in [4.78, 5) is 105. The van der Waals surface area contributed by atoms with E-state index in [9.17, 15) is 39.0 Å². The predicted molar refractivity (Wildman–Crippen MR) is 364 cm³/mol. The van der Waals surface area contributed by atoms with Gasteiger partial charge in [-0.05, 0) is 42.3 Å². The van der Waals surface area contributed by atoms with E-state index >= 15 is 17.6 Å². The molecular formula is C50H61F4N22O21P4S4-. The molecule has 0 saturated carbocycles. The Morgan fingerprint density at radius 3 is 1.44 bits per heavy atom. The highest BCUT2D eigenvalue weighted by molar-refractivity contribution is 8.32. The molecule has 0 aliphatic carbocycles. The third-order valence-corrected chi connectivity index (χ3v) is 23.8. The number of aromatic amines is 1. The van der Waals surface area contributed by atoms with Crippen molar-refractivity contribution < 1.29 is 107 Å². The molecule has 7 aromatic heterocycles. The minimum Gasteiger partial charge on any atom is -0.660 e. The molecule has 5 fully saturated rings. The standard InChI is InChI=1S/C50H62F4N22O21P4S4/c1-17-3-72(50(80)71-45(17)79)24-2-18(78)20(89-24)5-85-98(81,102)95-34-22(92-47(26(34)52)74-14-68-30-38(56)60-10-64-42(30)74)7-87-100(83,104)97-36-23(93-49(28(36)54)76-16-70-32-40(58)62-12-66-44(32)76)8-88-101(84,105)96-35-21(91-48(27(35)53)75-15-69-31-39(57)61-11-65-43(31)75)6-86-99(82,103)94-33-19(4-77)90-46(25(33)51)73-13-67-29-37(55)59-9-63-41(29)73/h3,9-13,16,18-28,33-36,46-49,68-69,77-78H,2,4-8,14-15H2,1H3,(H,81,102)(H,82,103)(H,83,104)(H,84,105)(H2,55,59,63)(H2,56,60,64)(H2,57,61,65)(H2,58,62,66)(H,71,79,80)/p-1/t18-,19+,20+,21+,22?,23+,24+,25+,26+,27+,28+,33?,34?,35?,36?,46+,47+,48+,49+,98?,99?,100?,101?/m0/s1. The molecule has 14 rings (SSSR count). The number of nitrogen functional groups attached to an aromatic ring is 4. The minimum atomic E-state index is -5.21. The van der Waals surface area contributed by atoms with Crippen molar-refractivity contribution in [1.82, 2.24) is 68.5 Å². The van der Waals surface area contributed by atoms with E-state index in [1.54, 1.807) is 0 Å². The van der Waals surface area contributed by atoms with Gasteiger partial charge in [-0.25, -0.2) is 72.2 Å². The molecule has 0 aromatic carbocycles. The second-order valence-corrected chi connectivity index (χ2v) is 35.2. The molecule has 5 saturated heterocycles. The van der Waals surface area contributed by atoms with Crippen LogP contribution in [0.3, 0.4) is 0 Å². The summed E-state index contributed by atoms with van der Waals surface area (Å²) in [6.07, 6.45) is -27.4. The molecule has 16 N–H and O–H groups in total. The Morgan fingerprint density at radius 2 is 0.962 bits per heavy atom. The van der Waals surface area contributed by atoms with Gasteiger partial charge in [0.25, 0.3) is 5.56 Å². The topological polar surface area (TPSA) is 566 Å². The number of imidazole rings is 2. The molecule has 55 heteroatoms. The van der Waals surface area contributed by atoms with E-state index in [0.717, 1.165) is 51.7 Å². The number of H-pyrrole nitrogens is 1. The molecule has 9 unspecified atom stereocenters. The monoisotopic (exact) mass is 1630 g/mol. The highest BCUT2D eigenvalue weighted by atomic mass is 32.7. The minimum absolute atomic E-state index is 0.0217. The zero-order valence-electron chi connectivity index (χ0n) is 53.4. The summed E-state index contributed by atoms with van der Waals surface area (Å²) in [6.45, 7) is -23.2. The number of nitrogens with two attached hydrogens (primary N) is 4. The average Bonchev–Trinajstić information content (AvgIpc) is 1.61. The Bertz CT molecular complexity index is 4780. The maximum absolute atomic E-state index is 17.5. The first-order valence-electron chi connectivity index (χ1n) is 31.0. The lowest BCUT2D eigenvalue weighted by Crippen LogP contribution is -2.42. The summed E-state index contributed by atoms with van der Waals surface area (Å²) >= 11 is 21.5. The Balaban J connectivity index is 0.687. The number of hydrogen-bond acceptors (Lipinski definition) is 40. The number of rotatable bonds is 26. The summed E-state index contributed by atoms with van der Waals surface area (Å²) in [5.74, 6) is -0.145. The van der Waals surface area contributed by atoms with Crippen molar-refractivity contribution in [2.45, 2.75) is 130 Å². The lowest BCUT2D eigenvalue weighted by molar-refractivity contribution is -0.0505. The van der Waals surface area contributed by atoms with Gasteiger partial charge < -0.3 is 127 Å². The number of anilines is 8. The Labute approximate surface area is 606 Å². The molecule has 570 valence electrons. The number of nitrogens with one attached hydrogen (secondary N) is 3. The average molecular weight is 1630 g/mol. The smallest absolute Gasteiger partial charge is 0.330 e. The molecule has 7 aliphatic rings. The maximum Gasteiger partial charge on any atom is 0.330 e. The quantitative estimate of drug-likeness (QED) is 0.0182. The number of aryl methyl sites for hydroxylation is 1. The van der Waals surface area contributed by atoms with E-state index in [1.165, 1.54) is 22.9 Å². The first-order chi connectivity index (χ1) is 49.9. The number of fused-ring (bicyclic) bond motifs is 4. The predicted octanol–water partition coefficient (Wildman–Crippen LogP) is -0.637. The van der Waals surface area contributed by atoms with Gasteiger partial charge in [-0.1, -0.05) is 0 Å². The van der Waals surface area contributed by atoms with Crippen molar-refractivity contribution in [1.29, 1.82) is 0 Å². The molecular weight excluding hydrogens is 1570 g/mol. The highest BCUT2D eigenvalue weighted by Crippen LogP contribution is 2.57. The van der Waals surface area contributed by atoms with Crippen LogP contribution in [-0.4, -0.2) is 238 Å². The van der Waals surface area contributed by atoms with Crippen LogP contribution in [0.2, 0.25) is 0 Å². The first-order valence-corrected chi connectivity index (χ1v) is 41.3. The van der Waals surface area contributed by atoms with Crippen LogP contribution in [0.15, 0.2) is 53.7 Å². The molecule has 0 spiro atoms. The van der Waals surface area contributed by atoms with Gasteiger partial charge in [0.05, 0.1) is 65.1 Å². The zero-order chi connectivity index (χ0) is 74.5. The fourth-order valence-electron chi connectivity index (χ4n) is 12.6. The first kappa shape index (κ1) is 75.7. The van der Waals surface area contributed by atoms with E-state index in [4.69, 9.17) is 130 Å². The molecule has 7 aliphatic heterocycles. The van der Waals surface area contributed by atoms with Crippen molar-refractivity contribution >= 4 is 143 Å². The molecule has 0 radical (unpaired) electrons. The van der Waals surface area contributed by atoms with Crippen LogP contribution < -0.4 is 54.6 Å². The number of aromatic nitrogens is 14. The molecule has 7 aromatic rings. The Kier molecular flexibility index (Phi) is 21.4. The number of ether oxygens (including phenoxy) is 5. The summed E-state index contributed by atoms with van der Waals surface area (Å²) in [5, 5.41) is 27.1. The number of aliphatic hydroxyl groups is 2. The van der Waals surface area contributed by atoms with Crippen LogP contribution in [0, 0.1) is 6.92 Å². The SMILES string of the molecule is Cc1cn([C@H]2C[C@H](O)[C@@H](COP(O)(=S)OC3C(COP(O)(=S)OC4[C@@H](F)[C@H](n5cnc6c(N)ncnc65)O[C@@H]4COP(=O)([S-])OC4[C@@H](F)[C@H](N5CNc6c(N)ncnc65)O[C@@H]4COP(O)(=S)OC4[C@@H](F)[C@H](n5cnc6c(N)ncnc65)O[C@@H]4CO)O[C@@H](N4CNc5c(N)ncnc54)[C@@H]3F)O2)c(=O)[nH]c1=O. The summed E-state index contributed by atoms with van der Waals surface area (Å²) < 4.78 is 162. The number of halogens is 4. The zero-order valence-corrected chi connectivity index (χ0v) is 60.2. The van der Waals surface area contributed by atoms with Gasteiger partial charge in [-0.3, -0.25) is 41.6 Å². The van der Waals surface area contributed by atoms with Crippen LogP contribution in [0.4, 0.5) is 63.8 Å². The van der Waals surface area contributed by atoms with Crippen LogP contribution >= 0.6 is 27.0 Å². The van der Waals surface area contributed by atoms with Gasteiger partial charge in [0.15, 0.2) is 103 Å². The van der Waals surface area contributed by atoms with Crippen LogP contribution in [0.25, 0.3) is 22.3 Å². The van der Waals surface area contributed by atoms with Gasteiger partial charge in [0.1, 0.15) is 109 Å². The van der Waals surface area contributed by atoms with Gasteiger partial charge in [0, 0.05) is 18.2 Å². The van der Waals surface area contributed by atoms with Crippen LogP contribution in [0.1, 0.15) is 30.7 Å². The van der Waals surface area contributed by atoms with Gasteiger partial charge in [-0.15, -0.1) is 0 Å². The third-order valence-electron chi connectivity index (χ3n) is 17.6. The van der Waals surface area contributed by atoms with E-state index in [1.807, 2.05) is 0 Å². The highest BCUT2D eigenvalue weighted by Gasteiger charge is 2.57. The maximum atomic E-state index is 17.5. The molecule has 23 atom stereocenters. The molecule has 43 nitrogen and oxygen atoms in total. The molecule has 14 heterocycles. The van der Waals surface area contributed by atoms with Crippen molar-refractivity contribution in [3.8, 4) is 0 Å². The van der Waals surface area contributed by atoms with Crippen LogP contribution in [0.5, 0.6) is 0 Å². The van der Waals surface area contributed by atoms with Crippen molar-refractivity contribution in [3.05, 3.63) is 70.6 Å². The summed E-state index contributed by atoms with van der Waals surface area (Å²) in [7, 11) is 0. The second-order valence-electron chi connectivity index (χ2n) is 24.1. The van der Waals surface area contributed by atoms with Crippen molar-refractivity contribution in [2.24, 2.45) is 0 Å². The van der Waals surface area contributed by atoms with E-state index in [2.05, 4.69) is 65.5 Å². The fourth-order valence-corrected chi connectivity index (χ4v) is 18.3. The largest absolute Gasteiger partial charge is 0.660 e. The van der Waals surface area contributed by atoms with Gasteiger partial charge in [-0.2, -0.15) is 0 Å². The van der Waals surface area contributed by atoms with Crippen molar-refractivity contribution in [3.63, 3.8) is 0 Å². The van der Waals surface area contributed by atoms with E-state index in [0.29, 0.717) is 0 Å².